The molecule has 1 fully saturated rings. The topological polar surface area (TPSA) is 44.8 Å². The smallest absolute Gasteiger partial charge is 0.169 e. The molecule has 1 aromatic carbocycles. The summed E-state index contributed by atoms with van der Waals surface area (Å²) in [7, 11) is 0. The number of hydrogen-bond acceptors (Lipinski definition) is 4. The number of rotatable bonds is 5. The molecule has 4 heteroatoms. The zero-order valence-electron chi connectivity index (χ0n) is 12.8. The highest BCUT2D eigenvalue weighted by Gasteiger charge is 2.43. The van der Waals surface area contributed by atoms with Gasteiger partial charge in [0.05, 0.1) is 0 Å². The second-order valence-corrected chi connectivity index (χ2v) is 6.40. The third-order valence-electron chi connectivity index (χ3n) is 3.89. The van der Waals surface area contributed by atoms with Crippen LogP contribution in [0, 0.1) is 0 Å². The second kappa shape index (κ2) is 5.34. The van der Waals surface area contributed by atoms with E-state index in [0.717, 1.165) is 29.9 Å². The molecule has 0 radical (unpaired) electrons. The van der Waals surface area contributed by atoms with Crippen LogP contribution >= 0.6 is 0 Å². The molecule has 1 aromatic rings. The van der Waals surface area contributed by atoms with Gasteiger partial charge in [-0.15, -0.1) is 0 Å². The largest absolute Gasteiger partial charge is 0.483 e. The van der Waals surface area contributed by atoms with Gasteiger partial charge < -0.3 is 14.2 Å². The summed E-state index contributed by atoms with van der Waals surface area (Å²) in [5, 5.41) is 0. The van der Waals surface area contributed by atoms with Crippen molar-refractivity contribution >= 4 is 5.78 Å². The number of carbonyl (C=O) groups is 1. The van der Waals surface area contributed by atoms with Crippen molar-refractivity contribution in [3.63, 3.8) is 0 Å². The summed E-state index contributed by atoms with van der Waals surface area (Å²) in [5.41, 5.74) is 0.962. The molecule has 21 heavy (non-hydrogen) atoms. The van der Waals surface area contributed by atoms with Crippen molar-refractivity contribution in [1.82, 2.24) is 0 Å². The van der Waals surface area contributed by atoms with Gasteiger partial charge in [-0.1, -0.05) is 19.1 Å². The summed E-state index contributed by atoms with van der Waals surface area (Å²) < 4.78 is 17.6. The third kappa shape index (κ3) is 2.77. The Balaban J connectivity index is 1.72. The minimum Gasteiger partial charge on any atom is -0.483 e. The fourth-order valence-electron chi connectivity index (χ4n) is 2.86. The molecular formula is C17H22O4. The Morgan fingerprint density at radius 2 is 2.19 bits per heavy atom. The Kier molecular flexibility index (Phi) is 3.66. The summed E-state index contributed by atoms with van der Waals surface area (Å²) in [6.45, 7) is 6.75. The molecule has 0 amide bonds. The molecule has 4 nitrogen and oxygen atoms in total. The van der Waals surface area contributed by atoms with E-state index in [-0.39, 0.29) is 17.5 Å². The lowest BCUT2D eigenvalue weighted by molar-refractivity contribution is -0.154. The first-order chi connectivity index (χ1) is 10.00. The van der Waals surface area contributed by atoms with Crippen molar-refractivity contribution in [2.45, 2.75) is 57.8 Å². The van der Waals surface area contributed by atoms with Crippen LogP contribution < -0.4 is 9.47 Å². The summed E-state index contributed by atoms with van der Waals surface area (Å²) in [5.74, 6) is 1.67. The number of hydrogen-bond donors (Lipinski definition) is 0. The van der Waals surface area contributed by atoms with Gasteiger partial charge in [-0.2, -0.15) is 0 Å². The van der Waals surface area contributed by atoms with Gasteiger partial charge in [0.1, 0.15) is 11.7 Å². The predicted octanol–water partition coefficient (Wildman–Crippen LogP) is 2.92. The monoisotopic (exact) mass is 290 g/mol. The highest BCUT2D eigenvalue weighted by molar-refractivity contribution is 5.90. The highest BCUT2D eigenvalue weighted by atomic mass is 16.6. The van der Waals surface area contributed by atoms with E-state index in [1.54, 1.807) is 0 Å². The first-order valence-electron chi connectivity index (χ1n) is 7.62. The molecule has 0 N–H and O–H groups in total. The van der Waals surface area contributed by atoms with Crippen LogP contribution in [-0.2, 0) is 16.0 Å². The molecule has 0 aromatic heterocycles. The van der Waals surface area contributed by atoms with Gasteiger partial charge in [0.2, 0.25) is 0 Å². The van der Waals surface area contributed by atoms with E-state index in [1.807, 2.05) is 19.1 Å². The zero-order valence-corrected chi connectivity index (χ0v) is 12.8. The quantitative estimate of drug-likeness (QED) is 0.836. The van der Waals surface area contributed by atoms with Crippen LogP contribution in [0.15, 0.2) is 18.2 Å². The van der Waals surface area contributed by atoms with Crippen LogP contribution in [0.25, 0.3) is 0 Å². The summed E-state index contributed by atoms with van der Waals surface area (Å²) in [4.78, 5) is 11.6. The van der Waals surface area contributed by atoms with Crippen LogP contribution in [-0.4, -0.2) is 30.2 Å². The number of Topliss-reactive ketones (excluding diaryl/α,β-unsaturated/α-hetero) is 1. The van der Waals surface area contributed by atoms with E-state index in [9.17, 15) is 4.79 Å². The molecule has 1 saturated carbocycles. The van der Waals surface area contributed by atoms with Crippen molar-refractivity contribution in [3.8, 4) is 11.5 Å². The molecule has 3 rings (SSSR count). The van der Waals surface area contributed by atoms with E-state index < -0.39 is 6.10 Å². The Morgan fingerprint density at radius 3 is 2.90 bits per heavy atom. The lowest BCUT2D eigenvalue weighted by Crippen LogP contribution is -2.52. The van der Waals surface area contributed by atoms with Crippen molar-refractivity contribution in [3.05, 3.63) is 23.8 Å². The number of ether oxygens (including phenoxy) is 3. The molecule has 1 aliphatic carbocycles. The average Bonchev–Trinajstić information content (AvgIpc) is 2.73. The van der Waals surface area contributed by atoms with Gasteiger partial charge in [0, 0.05) is 25.0 Å². The minimum atomic E-state index is -0.421. The van der Waals surface area contributed by atoms with Crippen molar-refractivity contribution in [1.29, 1.82) is 0 Å². The average molecular weight is 290 g/mol. The molecule has 2 atom stereocenters. The normalized spacial score (nSPS) is 26.0. The van der Waals surface area contributed by atoms with Crippen molar-refractivity contribution in [2.24, 2.45) is 0 Å². The maximum Gasteiger partial charge on any atom is 0.169 e. The standard InChI is InChI=1S/C17H22O4/c1-4-8-19-16-12(18)9-14(16)20-13-7-5-6-11-10-17(2,3)21-15(11)13/h5-7,14,16H,4,8-10H2,1-3H3. The minimum absolute atomic E-state index is 0.127. The molecule has 114 valence electrons. The number of carbonyl (C=O) groups excluding carboxylic acids is 1. The summed E-state index contributed by atoms with van der Waals surface area (Å²) in [6, 6.07) is 5.94. The molecule has 1 heterocycles. The van der Waals surface area contributed by atoms with E-state index in [0.29, 0.717) is 13.0 Å². The van der Waals surface area contributed by atoms with Crippen LogP contribution in [0.1, 0.15) is 39.2 Å². The molecule has 1 aliphatic heterocycles. The maximum atomic E-state index is 11.6. The zero-order chi connectivity index (χ0) is 15.0. The van der Waals surface area contributed by atoms with Gasteiger partial charge in [0.15, 0.2) is 23.4 Å². The van der Waals surface area contributed by atoms with Crippen LogP contribution in [0.3, 0.4) is 0 Å². The predicted molar refractivity (Wildman–Crippen MR) is 78.9 cm³/mol. The molecule has 0 saturated heterocycles. The first-order valence-corrected chi connectivity index (χ1v) is 7.62. The first kappa shape index (κ1) is 14.4. The molecule has 0 spiro atoms. The van der Waals surface area contributed by atoms with E-state index in [1.165, 1.54) is 0 Å². The van der Waals surface area contributed by atoms with Crippen LogP contribution in [0.5, 0.6) is 11.5 Å². The number of fused-ring (bicyclic) bond motifs is 1. The van der Waals surface area contributed by atoms with E-state index >= 15 is 0 Å². The van der Waals surface area contributed by atoms with Gasteiger partial charge in [-0.3, -0.25) is 4.79 Å². The van der Waals surface area contributed by atoms with Crippen molar-refractivity contribution in [2.75, 3.05) is 6.61 Å². The lowest BCUT2D eigenvalue weighted by atomic mass is 9.90. The van der Waals surface area contributed by atoms with Crippen molar-refractivity contribution < 1.29 is 19.0 Å². The molecule has 0 bridgehead atoms. The summed E-state index contributed by atoms with van der Waals surface area (Å²) in [6.07, 6.45) is 1.58. The molecule has 2 unspecified atom stereocenters. The highest BCUT2D eigenvalue weighted by Crippen LogP contribution is 2.43. The van der Waals surface area contributed by atoms with E-state index in [4.69, 9.17) is 14.2 Å². The third-order valence-corrected chi connectivity index (χ3v) is 3.89. The number of benzene rings is 1. The van der Waals surface area contributed by atoms with Gasteiger partial charge in [0.25, 0.3) is 0 Å². The number of ketones is 1. The van der Waals surface area contributed by atoms with Gasteiger partial charge in [-0.25, -0.2) is 0 Å². The van der Waals surface area contributed by atoms with Gasteiger partial charge in [-0.05, 0) is 26.3 Å². The Bertz CT molecular complexity index is 550. The molecular weight excluding hydrogens is 268 g/mol. The van der Waals surface area contributed by atoms with E-state index in [2.05, 4.69) is 19.9 Å². The molecule has 2 aliphatic rings. The SMILES string of the molecule is CCCOC1C(=O)CC1Oc1cccc2c1OC(C)(C)C2. The Morgan fingerprint density at radius 1 is 1.38 bits per heavy atom. The second-order valence-electron chi connectivity index (χ2n) is 6.40. The van der Waals surface area contributed by atoms with Crippen LogP contribution in [0.2, 0.25) is 0 Å². The summed E-state index contributed by atoms with van der Waals surface area (Å²) >= 11 is 0. The fourth-order valence-corrected chi connectivity index (χ4v) is 2.86. The van der Waals surface area contributed by atoms with Gasteiger partial charge >= 0.3 is 0 Å². The lowest BCUT2D eigenvalue weighted by Gasteiger charge is -2.35. The fraction of sp³-hybridized carbons (Fsp3) is 0.588. The maximum absolute atomic E-state index is 11.6. The Labute approximate surface area is 125 Å². The van der Waals surface area contributed by atoms with Crippen LogP contribution in [0.4, 0.5) is 0 Å². The Hall–Kier alpha value is -1.55. The number of para-hydroxylation sites is 1.